The number of benzene rings is 9. The van der Waals surface area contributed by atoms with Crippen LogP contribution in [0.25, 0.3) is 90.1 Å². The van der Waals surface area contributed by atoms with Gasteiger partial charge in [-0.1, -0.05) is 146 Å². The summed E-state index contributed by atoms with van der Waals surface area (Å²) < 4.78 is 6.33. The molecule has 0 atom stereocenters. The number of para-hydroxylation sites is 2. The number of hydrogen-bond donors (Lipinski definition) is 0. The summed E-state index contributed by atoms with van der Waals surface area (Å²) in [6.45, 7) is 0. The summed E-state index contributed by atoms with van der Waals surface area (Å²) >= 11 is 3.76. The van der Waals surface area contributed by atoms with Crippen molar-refractivity contribution in [3.05, 3.63) is 206 Å². The second-order valence-corrected chi connectivity index (χ2v) is 16.9. The third-order valence-corrected chi connectivity index (χ3v) is 14.0. The van der Waals surface area contributed by atoms with Crippen LogP contribution in [0.15, 0.2) is 206 Å². The molecule has 0 amide bonds. The largest absolute Gasteiger partial charge is 0.309 e. The van der Waals surface area contributed by atoms with Gasteiger partial charge in [0.15, 0.2) is 0 Å². The zero-order chi connectivity index (χ0) is 38.2. The summed E-state index contributed by atoms with van der Waals surface area (Å²) in [4.78, 5) is 3.71. The third kappa shape index (κ3) is 5.23. The van der Waals surface area contributed by atoms with Crippen molar-refractivity contribution in [1.29, 1.82) is 0 Å². The molecule has 9 aromatic carbocycles. The van der Waals surface area contributed by atoms with E-state index in [2.05, 4.69) is 216 Å². The highest BCUT2D eigenvalue weighted by atomic mass is 32.1. The second-order valence-electron chi connectivity index (χ2n) is 14.9. The molecule has 272 valence electrons. The Hall–Kier alpha value is -6.98. The van der Waals surface area contributed by atoms with E-state index in [4.69, 9.17) is 0 Å². The molecular weight excluding hydrogens is 741 g/mol. The lowest BCUT2D eigenvalue weighted by atomic mass is 10.0. The van der Waals surface area contributed by atoms with Crippen LogP contribution in [0.2, 0.25) is 0 Å². The topological polar surface area (TPSA) is 8.17 Å². The van der Waals surface area contributed by atoms with Crippen molar-refractivity contribution < 1.29 is 0 Å². The van der Waals surface area contributed by atoms with Crippen LogP contribution in [0.1, 0.15) is 0 Å². The molecule has 12 aromatic rings. The van der Waals surface area contributed by atoms with Crippen molar-refractivity contribution in [3.8, 4) is 27.9 Å². The zero-order valence-electron chi connectivity index (χ0n) is 31.3. The van der Waals surface area contributed by atoms with Gasteiger partial charge in [-0.05, 0) is 93.7 Å². The summed E-state index contributed by atoms with van der Waals surface area (Å²) in [6.07, 6.45) is 0. The van der Waals surface area contributed by atoms with Crippen molar-refractivity contribution in [2.45, 2.75) is 0 Å². The first-order valence-electron chi connectivity index (χ1n) is 19.7. The standard InChI is InChI=1S/C54H34N2S2/c1-2-14-40(15-3-1)56-48-21-8-6-17-46(48)51-47-20-10-18-43(52(47)58-54(51)56)37-28-32-42(33-29-37)55(49-22-11-19-45-44-16-7-9-23-50(44)57-53(45)49)41-30-26-36(27-31-41)39-25-24-35-12-4-5-13-38(35)34-39/h1-34H. The van der Waals surface area contributed by atoms with Gasteiger partial charge in [-0.3, -0.25) is 0 Å². The van der Waals surface area contributed by atoms with Crippen LogP contribution in [0.4, 0.5) is 17.1 Å². The van der Waals surface area contributed by atoms with E-state index in [-0.39, 0.29) is 0 Å². The molecule has 3 heterocycles. The highest BCUT2D eigenvalue weighted by Crippen LogP contribution is 2.48. The lowest BCUT2D eigenvalue weighted by Gasteiger charge is -2.26. The third-order valence-electron chi connectivity index (χ3n) is 11.6. The molecule has 0 radical (unpaired) electrons. The minimum atomic E-state index is 1.12. The van der Waals surface area contributed by atoms with Gasteiger partial charge in [-0.25, -0.2) is 0 Å². The van der Waals surface area contributed by atoms with Gasteiger partial charge in [0.2, 0.25) is 0 Å². The number of aromatic nitrogens is 1. The van der Waals surface area contributed by atoms with Crippen molar-refractivity contribution in [3.63, 3.8) is 0 Å². The molecule has 0 saturated carbocycles. The highest BCUT2D eigenvalue weighted by Gasteiger charge is 2.21. The summed E-state index contributed by atoms with van der Waals surface area (Å²) in [5, 5.41) is 9.02. The highest BCUT2D eigenvalue weighted by molar-refractivity contribution is 7.26. The van der Waals surface area contributed by atoms with Crippen LogP contribution in [-0.2, 0) is 0 Å². The molecule has 0 spiro atoms. The summed E-state index contributed by atoms with van der Waals surface area (Å²) in [6, 6.07) is 75.4. The van der Waals surface area contributed by atoms with Gasteiger partial charge in [0.05, 0.1) is 15.9 Å². The first-order chi connectivity index (χ1) is 28.8. The molecule has 4 heteroatoms. The lowest BCUT2D eigenvalue weighted by molar-refractivity contribution is 1.19. The van der Waals surface area contributed by atoms with Crippen molar-refractivity contribution in [1.82, 2.24) is 4.57 Å². The maximum Gasteiger partial charge on any atom is 0.109 e. The van der Waals surface area contributed by atoms with Gasteiger partial charge >= 0.3 is 0 Å². The van der Waals surface area contributed by atoms with Crippen LogP contribution in [0.5, 0.6) is 0 Å². The van der Waals surface area contributed by atoms with Crippen LogP contribution >= 0.6 is 22.7 Å². The molecule has 0 aliphatic carbocycles. The predicted octanol–water partition coefficient (Wildman–Crippen LogP) is 16.3. The number of thiophene rings is 2. The van der Waals surface area contributed by atoms with E-state index in [1.165, 1.54) is 95.8 Å². The Balaban J connectivity index is 0.995. The Bertz CT molecular complexity index is 3500. The molecule has 0 saturated heterocycles. The van der Waals surface area contributed by atoms with E-state index < -0.39 is 0 Å². The summed E-state index contributed by atoms with van der Waals surface area (Å²) in [7, 11) is 0. The van der Waals surface area contributed by atoms with Gasteiger partial charge in [0.1, 0.15) is 4.83 Å². The van der Waals surface area contributed by atoms with Crippen LogP contribution in [0.3, 0.4) is 0 Å². The molecule has 2 nitrogen and oxygen atoms in total. The number of hydrogen-bond acceptors (Lipinski definition) is 3. The van der Waals surface area contributed by atoms with Crippen molar-refractivity contribution >= 4 is 102 Å². The van der Waals surface area contributed by atoms with Gasteiger partial charge in [-0.15, -0.1) is 22.7 Å². The quantitative estimate of drug-likeness (QED) is 0.163. The first kappa shape index (κ1) is 33.2. The summed E-state index contributed by atoms with van der Waals surface area (Å²) in [5.41, 5.74) is 10.7. The van der Waals surface area contributed by atoms with Crippen molar-refractivity contribution in [2.24, 2.45) is 0 Å². The van der Waals surface area contributed by atoms with E-state index in [0.717, 1.165) is 11.4 Å². The monoisotopic (exact) mass is 774 g/mol. The molecule has 0 aliphatic rings. The molecule has 0 N–H and O–H groups in total. The van der Waals surface area contributed by atoms with E-state index >= 15 is 0 Å². The second kappa shape index (κ2) is 13.3. The van der Waals surface area contributed by atoms with E-state index in [9.17, 15) is 0 Å². The minimum Gasteiger partial charge on any atom is -0.309 e. The van der Waals surface area contributed by atoms with Gasteiger partial charge in [-0.2, -0.15) is 0 Å². The average Bonchev–Trinajstić information content (AvgIpc) is 3.97. The predicted molar refractivity (Wildman–Crippen MR) is 252 cm³/mol. The minimum absolute atomic E-state index is 1.12. The lowest BCUT2D eigenvalue weighted by Crippen LogP contribution is -2.10. The number of anilines is 3. The Morgan fingerprint density at radius 3 is 1.86 bits per heavy atom. The Morgan fingerprint density at radius 2 is 1.03 bits per heavy atom. The Labute approximate surface area is 343 Å². The van der Waals surface area contributed by atoms with E-state index in [1.807, 2.05) is 22.7 Å². The van der Waals surface area contributed by atoms with Crippen molar-refractivity contribution in [2.75, 3.05) is 4.90 Å². The molecule has 0 unspecified atom stereocenters. The number of nitrogens with zero attached hydrogens (tertiary/aromatic N) is 2. The Kier molecular flexibility index (Phi) is 7.62. The molecular formula is C54H34N2S2. The van der Waals surface area contributed by atoms with Gasteiger partial charge in [0, 0.05) is 53.4 Å². The number of fused-ring (bicyclic) bond motifs is 9. The fraction of sp³-hybridized carbons (Fsp3) is 0. The van der Waals surface area contributed by atoms with E-state index in [1.54, 1.807) is 0 Å². The molecule has 12 rings (SSSR count). The average molecular weight is 775 g/mol. The normalized spacial score (nSPS) is 11.8. The molecule has 0 bridgehead atoms. The fourth-order valence-electron chi connectivity index (χ4n) is 8.87. The number of rotatable bonds is 6. The zero-order valence-corrected chi connectivity index (χ0v) is 33.0. The summed E-state index contributed by atoms with van der Waals surface area (Å²) in [5.74, 6) is 0. The molecule has 58 heavy (non-hydrogen) atoms. The first-order valence-corrected chi connectivity index (χ1v) is 21.3. The molecule has 0 fully saturated rings. The smallest absolute Gasteiger partial charge is 0.109 e. The SMILES string of the molecule is c1ccc(-n2c3ccccc3c3c4cccc(-c5ccc(N(c6ccc(-c7ccc8ccccc8c7)cc6)c6cccc7c6sc6ccccc67)cc5)c4sc32)cc1. The van der Waals surface area contributed by atoms with Crippen LogP contribution < -0.4 is 4.90 Å². The maximum absolute atomic E-state index is 2.43. The van der Waals surface area contributed by atoms with Crippen LogP contribution in [-0.4, -0.2) is 4.57 Å². The maximum atomic E-state index is 2.43. The van der Waals surface area contributed by atoms with E-state index in [0.29, 0.717) is 0 Å². The molecule has 0 aliphatic heterocycles. The Morgan fingerprint density at radius 1 is 0.397 bits per heavy atom. The van der Waals surface area contributed by atoms with Crippen LogP contribution in [0, 0.1) is 0 Å². The molecule has 3 aromatic heterocycles. The van der Waals surface area contributed by atoms with Gasteiger partial charge in [0.25, 0.3) is 0 Å². The fourth-order valence-corrected chi connectivity index (χ4v) is 11.5. The van der Waals surface area contributed by atoms with Gasteiger partial charge < -0.3 is 9.47 Å².